The van der Waals surface area contributed by atoms with E-state index in [0.29, 0.717) is 10.2 Å². The first kappa shape index (κ1) is 14.1. The predicted octanol–water partition coefficient (Wildman–Crippen LogP) is 2.62. The van der Waals surface area contributed by atoms with Gasteiger partial charge in [-0.2, -0.15) is 0 Å². The molecule has 0 N–H and O–H groups in total. The predicted molar refractivity (Wildman–Crippen MR) is 80.2 cm³/mol. The van der Waals surface area contributed by atoms with E-state index in [2.05, 4.69) is 4.98 Å². The number of nitrogens with zero attached hydrogens (tertiary/aromatic N) is 2. The molecule has 0 spiro atoms. The molecular weight excluding hydrogens is 343 g/mol. The van der Waals surface area contributed by atoms with E-state index in [1.807, 2.05) is 0 Å². The van der Waals surface area contributed by atoms with Crippen LogP contribution in [0, 0.1) is 0 Å². The van der Waals surface area contributed by atoms with Gasteiger partial charge in [-0.15, -0.1) is 11.3 Å². The number of carbonyl (C=O) groups excluding carboxylic acids is 1. The van der Waals surface area contributed by atoms with Gasteiger partial charge < -0.3 is 4.90 Å². The molecule has 0 saturated carbocycles. The number of benzene rings is 1. The normalized spacial score (nSPS) is 20.0. The van der Waals surface area contributed by atoms with Crippen LogP contribution >= 0.6 is 33.6 Å². The lowest BCUT2D eigenvalue weighted by atomic mass is 10.3. The van der Waals surface area contributed by atoms with Gasteiger partial charge in [0.2, 0.25) is 15.0 Å². The minimum Gasteiger partial charge on any atom is -0.311 e. The summed E-state index contributed by atoms with van der Waals surface area (Å²) in [6, 6.07) is 5.25. The zero-order valence-corrected chi connectivity index (χ0v) is 13.1. The Kier molecular flexibility index (Phi) is 3.40. The monoisotopic (exact) mass is 350 g/mol. The van der Waals surface area contributed by atoms with Crippen molar-refractivity contribution in [2.24, 2.45) is 0 Å². The highest BCUT2D eigenvalue weighted by molar-refractivity contribution is 8.14. The van der Waals surface area contributed by atoms with Crippen LogP contribution in [0.3, 0.4) is 0 Å². The van der Waals surface area contributed by atoms with Crippen LogP contribution in [0.25, 0.3) is 10.2 Å². The van der Waals surface area contributed by atoms with Crippen LogP contribution in [0.5, 0.6) is 0 Å². The summed E-state index contributed by atoms with van der Waals surface area (Å²) >= 11 is 7.14. The summed E-state index contributed by atoms with van der Waals surface area (Å²) in [6.07, 6.45) is -0.0900. The van der Waals surface area contributed by atoms with Gasteiger partial charge >= 0.3 is 0 Å². The number of aromatic nitrogens is 1. The molecule has 1 unspecified atom stereocenters. The number of thiazole rings is 1. The second-order valence-corrected chi connectivity index (χ2v) is 8.95. The Morgan fingerprint density at radius 2 is 2.15 bits per heavy atom. The van der Waals surface area contributed by atoms with E-state index in [1.165, 1.54) is 16.2 Å². The van der Waals surface area contributed by atoms with Gasteiger partial charge in [0.15, 0.2) is 4.47 Å². The van der Waals surface area contributed by atoms with E-state index in [4.69, 9.17) is 22.3 Å². The van der Waals surface area contributed by atoms with Crippen molar-refractivity contribution in [3.63, 3.8) is 0 Å². The zero-order valence-electron chi connectivity index (χ0n) is 9.92. The quantitative estimate of drug-likeness (QED) is 0.780. The summed E-state index contributed by atoms with van der Waals surface area (Å²) < 4.78 is 23.9. The first-order chi connectivity index (χ1) is 9.34. The van der Waals surface area contributed by atoms with Crippen LogP contribution in [0.1, 0.15) is 6.42 Å². The van der Waals surface area contributed by atoms with E-state index in [1.54, 1.807) is 18.2 Å². The van der Waals surface area contributed by atoms with Gasteiger partial charge in [0.1, 0.15) is 5.25 Å². The summed E-state index contributed by atoms with van der Waals surface area (Å²) in [5.74, 6) is -0.255. The smallest absolute Gasteiger partial charge is 0.237 e. The van der Waals surface area contributed by atoms with Crippen molar-refractivity contribution in [2.75, 3.05) is 11.4 Å². The van der Waals surface area contributed by atoms with Crippen molar-refractivity contribution < 1.29 is 13.2 Å². The second-order valence-electron chi connectivity index (χ2n) is 4.42. The van der Waals surface area contributed by atoms with Crippen molar-refractivity contribution in [3.05, 3.63) is 22.7 Å². The molecule has 0 bridgehead atoms. The van der Waals surface area contributed by atoms with Crippen LogP contribution < -0.4 is 4.90 Å². The van der Waals surface area contributed by atoms with Crippen molar-refractivity contribution in [1.82, 2.24) is 4.98 Å². The Morgan fingerprint density at radius 1 is 1.40 bits per heavy atom. The third-order valence-corrected chi connectivity index (χ3v) is 6.14. The van der Waals surface area contributed by atoms with Gasteiger partial charge in [-0.25, -0.2) is 13.4 Å². The minimum absolute atomic E-state index is 0.0721. The van der Waals surface area contributed by atoms with Crippen molar-refractivity contribution in [1.29, 1.82) is 0 Å². The maximum atomic E-state index is 11.9. The molecule has 106 valence electrons. The number of anilines is 1. The number of carbonyl (C=O) groups is 1. The summed E-state index contributed by atoms with van der Waals surface area (Å²) in [7, 11) is 1.59. The fourth-order valence-electron chi connectivity index (χ4n) is 2.17. The zero-order chi connectivity index (χ0) is 14.5. The van der Waals surface area contributed by atoms with E-state index < -0.39 is 14.3 Å². The highest BCUT2D eigenvalue weighted by Crippen LogP contribution is 2.32. The molecule has 1 aromatic heterocycles. The van der Waals surface area contributed by atoms with Gasteiger partial charge in [-0.1, -0.05) is 11.6 Å². The molecule has 20 heavy (non-hydrogen) atoms. The topological polar surface area (TPSA) is 67.3 Å². The first-order valence-electron chi connectivity index (χ1n) is 5.64. The number of halogens is 2. The Balaban J connectivity index is 1.97. The fraction of sp³-hybridized carbons (Fsp3) is 0.273. The molecule has 1 atom stereocenters. The van der Waals surface area contributed by atoms with Gasteiger partial charge in [0, 0.05) is 29.3 Å². The average molecular weight is 351 g/mol. The lowest BCUT2D eigenvalue weighted by molar-refractivity contribution is -0.117. The Hall–Kier alpha value is -0.890. The SMILES string of the molecule is O=C1CC(S(=O)(=O)Cl)CN1c1ccc2nc(Cl)sc2c1. The lowest BCUT2D eigenvalue weighted by Gasteiger charge is -2.16. The van der Waals surface area contributed by atoms with Gasteiger partial charge in [-0.05, 0) is 18.2 Å². The van der Waals surface area contributed by atoms with Crippen LogP contribution in [0.15, 0.2) is 18.2 Å². The van der Waals surface area contributed by atoms with Crippen LogP contribution in [0.2, 0.25) is 4.47 Å². The Labute approximate surface area is 128 Å². The molecular formula is C11H8Cl2N2O3S2. The molecule has 0 aliphatic carbocycles. The number of hydrogen-bond acceptors (Lipinski definition) is 5. The molecule has 1 fully saturated rings. The van der Waals surface area contributed by atoms with E-state index >= 15 is 0 Å². The second kappa shape index (κ2) is 4.84. The largest absolute Gasteiger partial charge is 0.311 e. The molecule has 2 aromatic rings. The fourth-order valence-corrected chi connectivity index (χ4v) is 4.26. The van der Waals surface area contributed by atoms with E-state index in [9.17, 15) is 13.2 Å². The van der Waals surface area contributed by atoms with Crippen molar-refractivity contribution in [2.45, 2.75) is 11.7 Å². The first-order valence-corrected chi connectivity index (χ1v) is 9.21. The summed E-state index contributed by atoms with van der Waals surface area (Å²) in [6.45, 7) is 0.0721. The molecule has 1 amide bonds. The van der Waals surface area contributed by atoms with Gasteiger partial charge in [-0.3, -0.25) is 4.79 Å². The molecule has 2 heterocycles. The molecule has 3 rings (SSSR count). The summed E-state index contributed by atoms with van der Waals surface area (Å²) in [4.78, 5) is 17.5. The van der Waals surface area contributed by atoms with Crippen LogP contribution in [-0.2, 0) is 13.8 Å². The minimum atomic E-state index is -3.74. The number of fused-ring (bicyclic) bond motifs is 1. The molecule has 9 heteroatoms. The highest BCUT2D eigenvalue weighted by Gasteiger charge is 2.38. The van der Waals surface area contributed by atoms with Crippen LogP contribution in [0.4, 0.5) is 5.69 Å². The van der Waals surface area contributed by atoms with Crippen LogP contribution in [-0.4, -0.2) is 31.1 Å². The maximum absolute atomic E-state index is 11.9. The van der Waals surface area contributed by atoms with Crippen molar-refractivity contribution in [3.8, 4) is 0 Å². The molecule has 1 saturated heterocycles. The number of rotatable bonds is 2. The highest BCUT2D eigenvalue weighted by atomic mass is 35.7. The average Bonchev–Trinajstić information content (AvgIpc) is 2.89. The third-order valence-electron chi connectivity index (χ3n) is 3.15. The number of amides is 1. The molecule has 0 radical (unpaired) electrons. The summed E-state index contributed by atoms with van der Waals surface area (Å²) in [5.41, 5.74) is 1.38. The summed E-state index contributed by atoms with van der Waals surface area (Å²) in [5, 5.41) is -0.864. The number of hydrogen-bond donors (Lipinski definition) is 0. The molecule has 5 nitrogen and oxygen atoms in total. The van der Waals surface area contributed by atoms with Crippen molar-refractivity contribution >= 4 is 64.5 Å². The van der Waals surface area contributed by atoms with Gasteiger partial charge in [0.05, 0.1) is 10.2 Å². The molecule has 1 aliphatic heterocycles. The Morgan fingerprint density at radius 3 is 2.80 bits per heavy atom. The standard InChI is InChI=1S/C11H8Cl2N2O3S2/c12-11-14-8-2-1-6(3-9(8)19-11)15-5-7(4-10(15)16)20(13,17)18/h1-3,7H,4-5H2. The van der Waals surface area contributed by atoms with Gasteiger partial charge in [0.25, 0.3) is 0 Å². The maximum Gasteiger partial charge on any atom is 0.237 e. The van der Waals surface area contributed by atoms with E-state index in [-0.39, 0.29) is 18.9 Å². The Bertz CT molecular complexity index is 803. The van der Waals surface area contributed by atoms with E-state index in [0.717, 1.165) is 10.2 Å². The molecule has 1 aliphatic rings. The third kappa shape index (κ3) is 2.50. The molecule has 1 aromatic carbocycles. The lowest BCUT2D eigenvalue weighted by Crippen LogP contribution is -2.26.